The quantitative estimate of drug-likeness (QED) is 0.795. The third kappa shape index (κ3) is 3.69. The average molecular weight is 291 g/mol. The number of carbonyl (C=O) groups is 1. The second kappa shape index (κ2) is 6.83. The Hall–Kier alpha value is -1.71. The fourth-order valence-corrected chi connectivity index (χ4v) is 3.42. The molecule has 4 nitrogen and oxygen atoms in total. The van der Waals surface area contributed by atoms with Crippen molar-refractivity contribution < 1.29 is 14.6 Å². The van der Waals surface area contributed by atoms with Crippen molar-refractivity contribution in [1.29, 1.82) is 0 Å². The lowest BCUT2D eigenvalue weighted by Gasteiger charge is -2.52. The molecule has 4 heteroatoms. The number of benzene rings is 1. The lowest BCUT2D eigenvalue weighted by atomic mass is 9.72. The van der Waals surface area contributed by atoms with Gasteiger partial charge in [-0.2, -0.15) is 0 Å². The molecule has 0 amide bonds. The molecule has 116 valence electrons. The molecule has 1 saturated heterocycles. The van der Waals surface area contributed by atoms with E-state index in [1.165, 1.54) is 25.7 Å². The van der Waals surface area contributed by atoms with Gasteiger partial charge in [0.05, 0.1) is 5.69 Å². The minimum atomic E-state index is -0.945. The first-order valence-corrected chi connectivity index (χ1v) is 7.79. The van der Waals surface area contributed by atoms with Gasteiger partial charge in [-0.05, 0) is 25.0 Å². The van der Waals surface area contributed by atoms with Gasteiger partial charge in [-0.15, -0.1) is 0 Å². The van der Waals surface area contributed by atoms with Gasteiger partial charge in [0.2, 0.25) is 0 Å². The molecule has 0 saturated carbocycles. The zero-order valence-corrected chi connectivity index (χ0v) is 13.0. The number of anilines is 1. The fraction of sp³-hybridized carbons (Fsp3) is 0.588. The van der Waals surface area contributed by atoms with Crippen molar-refractivity contribution in [2.24, 2.45) is 5.41 Å². The maximum atomic E-state index is 10.7. The smallest absolute Gasteiger partial charge is 0.341 e. The molecule has 2 rings (SSSR count). The minimum Gasteiger partial charge on any atom is -0.480 e. The number of para-hydroxylation sites is 2. The number of rotatable bonds is 8. The fourth-order valence-electron chi connectivity index (χ4n) is 3.42. The summed E-state index contributed by atoms with van der Waals surface area (Å²) in [7, 11) is 0. The number of carboxylic acids is 1. The normalized spacial score (nSPS) is 16.4. The summed E-state index contributed by atoms with van der Waals surface area (Å²) in [4.78, 5) is 13.0. The van der Waals surface area contributed by atoms with Crippen LogP contribution in [0.1, 0.15) is 39.5 Å². The molecular weight excluding hydrogens is 266 g/mol. The maximum Gasteiger partial charge on any atom is 0.341 e. The van der Waals surface area contributed by atoms with Crippen LogP contribution in [-0.4, -0.2) is 30.8 Å². The summed E-state index contributed by atoms with van der Waals surface area (Å²) in [6.07, 6.45) is 4.95. The molecule has 0 bridgehead atoms. The van der Waals surface area contributed by atoms with Gasteiger partial charge in [0.15, 0.2) is 6.61 Å². The highest BCUT2D eigenvalue weighted by Gasteiger charge is 2.42. The second-order valence-electron chi connectivity index (χ2n) is 6.01. The van der Waals surface area contributed by atoms with Crippen LogP contribution >= 0.6 is 0 Å². The van der Waals surface area contributed by atoms with Gasteiger partial charge in [-0.1, -0.05) is 38.8 Å². The third-order valence-electron chi connectivity index (χ3n) is 4.17. The summed E-state index contributed by atoms with van der Waals surface area (Å²) in [5.74, 6) is -0.277. The van der Waals surface area contributed by atoms with Crippen LogP contribution in [0.2, 0.25) is 0 Å². The molecule has 1 aliphatic rings. The highest BCUT2D eigenvalue weighted by molar-refractivity contribution is 5.69. The Morgan fingerprint density at radius 3 is 2.43 bits per heavy atom. The van der Waals surface area contributed by atoms with E-state index in [0.29, 0.717) is 11.2 Å². The van der Waals surface area contributed by atoms with Crippen LogP contribution < -0.4 is 9.64 Å². The Balaban J connectivity index is 2.05. The standard InChI is InChI=1S/C17H25NO3/c1-3-9-17(10-4-2)12-18(13-17)14-7-5-6-8-15(14)21-11-16(19)20/h5-8H,3-4,9-13H2,1-2H3,(H,19,20). The van der Waals surface area contributed by atoms with Gasteiger partial charge in [0, 0.05) is 18.5 Å². The summed E-state index contributed by atoms with van der Waals surface area (Å²) >= 11 is 0. The lowest BCUT2D eigenvalue weighted by Crippen LogP contribution is -2.56. The van der Waals surface area contributed by atoms with Gasteiger partial charge in [-0.3, -0.25) is 0 Å². The topological polar surface area (TPSA) is 49.8 Å². The molecular formula is C17H25NO3. The minimum absolute atomic E-state index is 0.292. The average Bonchev–Trinajstić information content (AvgIpc) is 2.42. The van der Waals surface area contributed by atoms with Crippen molar-refractivity contribution >= 4 is 11.7 Å². The number of nitrogens with zero attached hydrogens (tertiary/aromatic N) is 1. The van der Waals surface area contributed by atoms with E-state index in [4.69, 9.17) is 9.84 Å². The van der Waals surface area contributed by atoms with E-state index >= 15 is 0 Å². The summed E-state index contributed by atoms with van der Waals surface area (Å²) < 4.78 is 5.40. The molecule has 0 unspecified atom stereocenters. The zero-order chi connectivity index (χ0) is 15.3. The van der Waals surface area contributed by atoms with E-state index in [9.17, 15) is 4.79 Å². The first-order chi connectivity index (χ1) is 10.1. The highest BCUT2D eigenvalue weighted by atomic mass is 16.5. The van der Waals surface area contributed by atoms with E-state index in [0.717, 1.165) is 18.8 Å². The van der Waals surface area contributed by atoms with Crippen LogP contribution in [0.15, 0.2) is 24.3 Å². The zero-order valence-electron chi connectivity index (χ0n) is 13.0. The van der Waals surface area contributed by atoms with E-state index in [-0.39, 0.29) is 6.61 Å². The molecule has 0 aliphatic carbocycles. The molecule has 1 aromatic carbocycles. The van der Waals surface area contributed by atoms with Crippen LogP contribution in [0.5, 0.6) is 5.75 Å². The summed E-state index contributed by atoms with van der Waals surface area (Å²) in [6.45, 7) is 6.28. The predicted molar refractivity (Wildman–Crippen MR) is 84.0 cm³/mol. The monoisotopic (exact) mass is 291 g/mol. The summed E-state index contributed by atoms with van der Waals surface area (Å²) in [5.41, 5.74) is 1.45. The largest absolute Gasteiger partial charge is 0.480 e. The molecule has 1 fully saturated rings. The van der Waals surface area contributed by atoms with E-state index in [1.807, 2.05) is 24.3 Å². The van der Waals surface area contributed by atoms with Gasteiger partial charge in [-0.25, -0.2) is 4.79 Å². The van der Waals surface area contributed by atoms with Crippen LogP contribution in [0, 0.1) is 5.41 Å². The molecule has 1 aliphatic heterocycles. The summed E-state index contributed by atoms with van der Waals surface area (Å²) in [6, 6.07) is 7.71. The van der Waals surface area contributed by atoms with Gasteiger partial charge < -0.3 is 14.7 Å². The Bertz CT molecular complexity index is 473. The van der Waals surface area contributed by atoms with E-state index in [1.54, 1.807) is 0 Å². The van der Waals surface area contributed by atoms with Gasteiger partial charge in [0.25, 0.3) is 0 Å². The lowest BCUT2D eigenvalue weighted by molar-refractivity contribution is -0.139. The van der Waals surface area contributed by atoms with Gasteiger partial charge in [0.1, 0.15) is 5.75 Å². The van der Waals surface area contributed by atoms with Crippen LogP contribution in [0.25, 0.3) is 0 Å². The van der Waals surface area contributed by atoms with Crippen molar-refractivity contribution in [3.8, 4) is 5.75 Å². The Morgan fingerprint density at radius 1 is 1.24 bits per heavy atom. The van der Waals surface area contributed by atoms with Crippen molar-refractivity contribution in [2.45, 2.75) is 39.5 Å². The third-order valence-corrected chi connectivity index (χ3v) is 4.17. The Morgan fingerprint density at radius 2 is 1.86 bits per heavy atom. The Kier molecular flexibility index (Phi) is 5.10. The second-order valence-corrected chi connectivity index (χ2v) is 6.01. The highest BCUT2D eigenvalue weighted by Crippen LogP contribution is 2.44. The molecule has 1 heterocycles. The van der Waals surface area contributed by atoms with Crippen LogP contribution in [-0.2, 0) is 4.79 Å². The number of hydrogen-bond acceptors (Lipinski definition) is 3. The number of ether oxygens (including phenoxy) is 1. The number of carboxylic acid groups (broad SMARTS) is 1. The van der Waals surface area contributed by atoms with Crippen molar-refractivity contribution in [1.82, 2.24) is 0 Å². The first-order valence-electron chi connectivity index (χ1n) is 7.79. The predicted octanol–water partition coefficient (Wildman–Crippen LogP) is 3.56. The van der Waals surface area contributed by atoms with Crippen molar-refractivity contribution in [3.63, 3.8) is 0 Å². The SMILES string of the molecule is CCCC1(CCC)CN(c2ccccc2OCC(=O)O)C1. The Labute approximate surface area is 126 Å². The van der Waals surface area contributed by atoms with Crippen LogP contribution in [0.3, 0.4) is 0 Å². The molecule has 21 heavy (non-hydrogen) atoms. The van der Waals surface area contributed by atoms with E-state index < -0.39 is 5.97 Å². The summed E-state index contributed by atoms with van der Waals surface area (Å²) in [5, 5.41) is 8.76. The van der Waals surface area contributed by atoms with Crippen molar-refractivity contribution in [2.75, 3.05) is 24.6 Å². The van der Waals surface area contributed by atoms with Gasteiger partial charge >= 0.3 is 5.97 Å². The number of hydrogen-bond donors (Lipinski definition) is 1. The number of aliphatic carboxylic acids is 1. The molecule has 1 N–H and O–H groups in total. The first kappa shape index (κ1) is 15.7. The molecule has 0 aromatic heterocycles. The molecule has 1 aromatic rings. The molecule has 0 spiro atoms. The van der Waals surface area contributed by atoms with E-state index in [2.05, 4.69) is 18.7 Å². The molecule has 0 radical (unpaired) electrons. The maximum absolute atomic E-state index is 10.7. The van der Waals surface area contributed by atoms with Crippen LogP contribution in [0.4, 0.5) is 5.69 Å². The van der Waals surface area contributed by atoms with Crippen molar-refractivity contribution in [3.05, 3.63) is 24.3 Å². The molecule has 0 atom stereocenters.